The molecule has 35 heavy (non-hydrogen) atoms. The molecule has 4 aromatic rings. The van der Waals surface area contributed by atoms with Crippen molar-refractivity contribution >= 4 is 56.0 Å². The van der Waals surface area contributed by atoms with E-state index < -0.39 is 16.2 Å². The number of aryl methyl sites for hydroxylation is 1. The summed E-state index contributed by atoms with van der Waals surface area (Å²) in [4.78, 5) is 57.3. The number of non-ortho nitro benzene ring substituents is 1. The fourth-order valence-corrected chi connectivity index (χ4v) is 4.34. The number of nitro groups is 1. The van der Waals surface area contributed by atoms with Crippen LogP contribution in [0.3, 0.4) is 0 Å². The Balaban J connectivity index is 1.75. The summed E-state index contributed by atoms with van der Waals surface area (Å²) in [6, 6.07) is 12.6. The second-order valence-electron chi connectivity index (χ2n) is 7.40. The second kappa shape index (κ2) is 9.80. The predicted molar refractivity (Wildman–Crippen MR) is 136 cm³/mol. The van der Waals surface area contributed by atoms with Crippen LogP contribution >= 0.6 is 27.7 Å². The molecule has 0 aliphatic heterocycles. The lowest BCUT2D eigenvalue weighted by atomic mass is 10.2. The van der Waals surface area contributed by atoms with E-state index in [-0.39, 0.29) is 39.2 Å². The zero-order chi connectivity index (χ0) is 25.3. The standard InChI is InChI=1S/C22H17BrN6O5S/c1-27-19-17(21(31)28(2)22(27)32)20(35-11-16(30)24-14-7-5-13(23)6-8-14)26-18(25-19)12-3-9-15(10-4-12)29(33)34/h3-10H,11H2,1-2H3,(H,24,30). The number of nitro benzene ring substituents is 1. The molecule has 0 aliphatic carbocycles. The normalized spacial score (nSPS) is 10.9. The number of amides is 1. The van der Waals surface area contributed by atoms with Crippen LogP contribution in [0, 0.1) is 10.1 Å². The summed E-state index contributed by atoms with van der Waals surface area (Å²) >= 11 is 4.36. The van der Waals surface area contributed by atoms with Gasteiger partial charge < -0.3 is 5.32 Å². The number of rotatable bonds is 6. The number of hydrogen-bond donors (Lipinski definition) is 1. The molecule has 0 radical (unpaired) electrons. The molecule has 0 aliphatic rings. The average molecular weight is 557 g/mol. The Labute approximate surface area is 210 Å². The highest BCUT2D eigenvalue weighted by Crippen LogP contribution is 2.27. The van der Waals surface area contributed by atoms with Crippen LogP contribution in [-0.4, -0.2) is 35.7 Å². The van der Waals surface area contributed by atoms with Crippen molar-refractivity contribution in [3.8, 4) is 11.4 Å². The third kappa shape index (κ3) is 5.00. The second-order valence-corrected chi connectivity index (χ2v) is 9.28. The zero-order valence-electron chi connectivity index (χ0n) is 18.4. The molecule has 11 nitrogen and oxygen atoms in total. The Morgan fingerprint density at radius 3 is 2.34 bits per heavy atom. The molecule has 4 rings (SSSR count). The summed E-state index contributed by atoms with van der Waals surface area (Å²) in [5.74, 6) is -0.220. The molecule has 0 bridgehead atoms. The molecule has 1 N–H and O–H groups in total. The lowest BCUT2D eigenvalue weighted by Crippen LogP contribution is -2.37. The highest BCUT2D eigenvalue weighted by Gasteiger charge is 2.19. The topological polar surface area (TPSA) is 142 Å². The minimum Gasteiger partial charge on any atom is -0.325 e. The van der Waals surface area contributed by atoms with Gasteiger partial charge in [0.2, 0.25) is 5.91 Å². The highest BCUT2D eigenvalue weighted by molar-refractivity contribution is 9.10. The van der Waals surface area contributed by atoms with Crippen molar-refractivity contribution < 1.29 is 9.72 Å². The monoisotopic (exact) mass is 556 g/mol. The number of hydrogen-bond acceptors (Lipinski definition) is 8. The molecule has 2 aromatic carbocycles. The van der Waals surface area contributed by atoms with Gasteiger partial charge in [-0.15, -0.1) is 0 Å². The van der Waals surface area contributed by atoms with Crippen LogP contribution in [0.5, 0.6) is 0 Å². The molecule has 0 fully saturated rings. The van der Waals surface area contributed by atoms with E-state index in [1.807, 2.05) is 0 Å². The maximum atomic E-state index is 12.9. The van der Waals surface area contributed by atoms with Gasteiger partial charge in [0.15, 0.2) is 11.5 Å². The lowest BCUT2D eigenvalue weighted by molar-refractivity contribution is -0.384. The van der Waals surface area contributed by atoms with Gasteiger partial charge in [0.25, 0.3) is 11.2 Å². The van der Waals surface area contributed by atoms with E-state index in [2.05, 4.69) is 31.2 Å². The van der Waals surface area contributed by atoms with E-state index in [1.54, 1.807) is 24.3 Å². The van der Waals surface area contributed by atoms with E-state index in [0.29, 0.717) is 11.3 Å². The van der Waals surface area contributed by atoms with Gasteiger partial charge >= 0.3 is 5.69 Å². The van der Waals surface area contributed by atoms with Crippen molar-refractivity contribution in [1.82, 2.24) is 19.1 Å². The van der Waals surface area contributed by atoms with Gasteiger partial charge in [-0.1, -0.05) is 27.7 Å². The van der Waals surface area contributed by atoms with Crippen molar-refractivity contribution in [2.45, 2.75) is 5.03 Å². The van der Waals surface area contributed by atoms with Crippen LogP contribution in [0.15, 0.2) is 67.6 Å². The first kappa shape index (κ1) is 24.3. The third-order valence-electron chi connectivity index (χ3n) is 5.07. The van der Waals surface area contributed by atoms with E-state index in [0.717, 1.165) is 20.8 Å². The molecule has 2 aromatic heterocycles. The summed E-state index contributed by atoms with van der Waals surface area (Å²) < 4.78 is 3.04. The van der Waals surface area contributed by atoms with Crippen molar-refractivity contribution in [3.63, 3.8) is 0 Å². The summed E-state index contributed by atoms with van der Waals surface area (Å²) in [5, 5.41) is 14.1. The summed E-state index contributed by atoms with van der Waals surface area (Å²) in [5.41, 5.74) is -0.107. The minimum absolute atomic E-state index is 0.0616. The maximum absolute atomic E-state index is 12.9. The fraction of sp³-hybridized carbons (Fsp3) is 0.136. The number of carbonyl (C=O) groups is 1. The van der Waals surface area contributed by atoms with E-state index in [4.69, 9.17) is 0 Å². The average Bonchev–Trinajstić information content (AvgIpc) is 2.85. The Morgan fingerprint density at radius 2 is 1.71 bits per heavy atom. The first-order valence-electron chi connectivity index (χ1n) is 10.1. The summed E-state index contributed by atoms with van der Waals surface area (Å²) in [6.45, 7) is 0. The van der Waals surface area contributed by atoms with Crippen LogP contribution in [0.1, 0.15) is 0 Å². The van der Waals surface area contributed by atoms with Crippen molar-refractivity contribution in [1.29, 1.82) is 0 Å². The lowest BCUT2D eigenvalue weighted by Gasteiger charge is -2.12. The Kier molecular flexibility index (Phi) is 6.80. The van der Waals surface area contributed by atoms with Crippen LogP contribution in [-0.2, 0) is 18.9 Å². The van der Waals surface area contributed by atoms with E-state index in [1.165, 1.54) is 42.9 Å². The molecule has 2 heterocycles. The van der Waals surface area contributed by atoms with Crippen LogP contribution in [0.4, 0.5) is 11.4 Å². The van der Waals surface area contributed by atoms with Crippen molar-refractivity contribution in [2.24, 2.45) is 14.1 Å². The number of halogens is 1. The number of fused-ring (bicyclic) bond motifs is 1. The van der Waals surface area contributed by atoms with Gasteiger partial charge in [-0.3, -0.25) is 28.8 Å². The first-order valence-corrected chi connectivity index (χ1v) is 11.8. The van der Waals surface area contributed by atoms with Crippen LogP contribution in [0.2, 0.25) is 0 Å². The number of nitrogens with zero attached hydrogens (tertiary/aromatic N) is 5. The molecule has 0 saturated heterocycles. The van der Waals surface area contributed by atoms with E-state index in [9.17, 15) is 24.5 Å². The third-order valence-corrected chi connectivity index (χ3v) is 6.58. The largest absolute Gasteiger partial charge is 0.332 e. The molecule has 0 saturated carbocycles. The van der Waals surface area contributed by atoms with Crippen LogP contribution < -0.4 is 16.6 Å². The van der Waals surface area contributed by atoms with Gasteiger partial charge in [-0.25, -0.2) is 14.8 Å². The Morgan fingerprint density at radius 1 is 1.06 bits per heavy atom. The van der Waals surface area contributed by atoms with Crippen molar-refractivity contribution in [2.75, 3.05) is 11.1 Å². The SMILES string of the molecule is Cn1c(=O)c2c(SCC(=O)Nc3ccc(Br)cc3)nc(-c3ccc([N+](=O)[O-])cc3)nc2n(C)c1=O. The number of carbonyl (C=O) groups excluding carboxylic acids is 1. The first-order chi connectivity index (χ1) is 16.7. The van der Waals surface area contributed by atoms with Crippen molar-refractivity contribution in [3.05, 3.63) is 84.0 Å². The molecule has 0 unspecified atom stereocenters. The molecule has 1 amide bonds. The fourth-order valence-electron chi connectivity index (χ4n) is 3.26. The zero-order valence-corrected chi connectivity index (χ0v) is 20.8. The number of anilines is 1. The number of nitrogens with one attached hydrogen (secondary N) is 1. The summed E-state index contributed by atoms with van der Waals surface area (Å²) in [7, 11) is 2.83. The molecule has 13 heteroatoms. The van der Waals surface area contributed by atoms with E-state index >= 15 is 0 Å². The predicted octanol–water partition coefficient (Wildman–Crippen LogP) is 3.10. The van der Waals surface area contributed by atoms with Gasteiger partial charge in [0, 0.05) is 42.0 Å². The molecule has 178 valence electrons. The smallest absolute Gasteiger partial charge is 0.325 e. The van der Waals surface area contributed by atoms with Gasteiger partial charge in [0.05, 0.1) is 10.7 Å². The number of thioether (sulfide) groups is 1. The van der Waals surface area contributed by atoms with Gasteiger partial charge in [-0.2, -0.15) is 0 Å². The minimum atomic E-state index is -0.589. The molecular weight excluding hydrogens is 540 g/mol. The molecule has 0 spiro atoms. The Bertz CT molecular complexity index is 1580. The van der Waals surface area contributed by atoms with Crippen LogP contribution in [0.25, 0.3) is 22.4 Å². The number of aromatic nitrogens is 4. The molecule has 0 atom stereocenters. The quantitative estimate of drug-likeness (QED) is 0.165. The highest BCUT2D eigenvalue weighted by atomic mass is 79.9. The van der Waals surface area contributed by atoms with Gasteiger partial charge in [-0.05, 0) is 36.4 Å². The van der Waals surface area contributed by atoms with Gasteiger partial charge in [0.1, 0.15) is 10.4 Å². The summed E-state index contributed by atoms with van der Waals surface area (Å²) in [6.07, 6.45) is 0. The maximum Gasteiger partial charge on any atom is 0.332 e. The molecular formula is C22H17BrN6O5S. The number of benzene rings is 2. The Hall–Kier alpha value is -3.84.